The van der Waals surface area contributed by atoms with Gasteiger partial charge in [-0.05, 0) is 19.8 Å². The van der Waals surface area contributed by atoms with E-state index in [1.165, 1.54) is 6.08 Å². The standard InChI is InChI=1S/C10H13NO4/c1-7-6-8(12)11(10(7)15)5-3-2-4-9(13)14/h6H,2-5H2,1H3,(H,13,14). The lowest BCUT2D eigenvalue weighted by Gasteiger charge is -2.13. The number of aliphatic carboxylic acids is 1. The maximum atomic E-state index is 11.4. The van der Waals surface area contributed by atoms with Crippen molar-refractivity contribution < 1.29 is 19.5 Å². The Kier molecular flexibility index (Phi) is 3.60. The molecule has 0 unspecified atom stereocenters. The molecule has 0 spiro atoms. The minimum atomic E-state index is -0.858. The molecule has 1 heterocycles. The average molecular weight is 211 g/mol. The van der Waals surface area contributed by atoms with E-state index in [0.717, 1.165) is 4.90 Å². The van der Waals surface area contributed by atoms with E-state index in [1.807, 2.05) is 0 Å². The summed E-state index contributed by atoms with van der Waals surface area (Å²) in [6.07, 6.45) is 2.39. The van der Waals surface area contributed by atoms with Gasteiger partial charge in [0.15, 0.2) is 0 Å². The predicted molar refractivity (Wildman–Crippen MR) is 52.0 cm³/mol. The summed E-state index contributed by atoms with van der Waals surface area (Å²) in [5.41, 5.74) is 0.443. The largest absolute Gasteiger partial charge is 0.481 e. The monoisotopic (exact) mass is 211 g/mol. The SMILES string of the molecule is CC1=CC(=O)N(CCCCC(=O)O)C1=O. The van der Waals surface area contributed by atoms with Crippen molar-refractivity contribution in [3.8, 4) is 0 Å². The van der Waals surface area contributed by atoms with Gasteiger partial charge in [-0.1, -0.05) is 0 Å². The molecule has 0 atom stereocenters. The maximum Gasteiger partial charge on any atom is 0.303 e. The Labute approximate surface area is 87.4 Å². The van der Waals surface area contributed by atoms with Gasteiger partial charge in [0.25, 0.3) is 11.8 Å². The summed E-state index contributed by atoms with van der Waals surface area (Å²) in [7, 11) is 0. The molecule has 0 aromatic heterocycles. The van der Waals surface area contributed by atoms with Crippen LogP contribution in [0.5, 0.6) is 0 Å². The summed E-state index contributed by atoms with van der Waals surface area (Å²) in [5, 5.41) is 8.39. The molecule has 1 aliphatic rings. The number of carbonyl (C=O) groups is 3. The van der Waals surface area contributed by atoms with Gasteiger partial charge >= 0.3 is 5.97 Å². The van der Waals surface area contributed by atoms with E-state index >= 15 is 0 Å². The van der Waals surface area contributed by atoms with E-state index in [4.69, 9.17) is 5.11 Å². The van der Waals surface area contributed by atoms with Crippen LogP contribution in [0.3, 0.4) is 0 Å². The Morgan fingerprint density at radius 1 is 1.40 bits per heavy atom. The molecule has 0 bridgehead atoms. The molecule has 1 N–H and O–H groups in total. The predicted octanol–water partition coefficient (Wildman–Crippen LogP) is 0.556. The molecule has 5 nitrogen and oxygen atoms in total. The normalized spacial score (nSPS) is 15.8. The van der Waals surface area contributed by atoms with Crippen molar-refractivity contribution in [2.24, 2.45) is 0 Å². The number of rotatable bonds is 5. The van der Waals surface area contributed by atoms with Crippen molar-refractivity contribution in [2.75, 3.05) is 6.54 Å². The van der Waals surface area contributed by atoms with Crippen LogP contribution in [0.15, 0.2) is 11.6 Å². The third kappa shape index (κ3) is 2.90. The van der Waals surface area contributed by atoms with Crippen molar-refractivity contribution in [3.63, 3.8) is 0 Å². The number of carboxylic acid groups (broad SMARTS) is 1. The zero-order chi connectivity index (χ0) is 11.4. The van der Waals surface area contributed by atoms with E-state index in [0.29, 0.717) is 25.0 Å². The van der Waals surface area contributed by atoms with Gasteiger partial charge in [-0.25, -0.2) is 0 Å². The first kappa shape index (κ1) is 11.4. The van der Waals surface area contributed by atoms with Crippen LogP contribution < -0.4 is 0 Å². The summed E-state index contributed by atoms with van der Waals surface area (Å²) < 4.78 is 0. The van der Waals surface area contributed by atoms with Crippen molar-refractivity contribution >= 4 is 17.8 Å². The fourth-order valence-electron chi connectivity index (χ4n) is 1.40. The van der Waals surface area contributed by atoms with Crippen LogP contribution in [0.2, 0.25) is 0 Å². The van der Waals surface area contributed by atoms with Crippen molar-refractivity contribution in [1.82, 2.24) is 4.90 Å². The lowest BCUT2D eigenvalue weighted by molar-refractivity contribution is -0.137. The minimum Gasteiger partial charge on any atom is -0.481 e. The highest BCUT2D eigenvalue weighted by molar-refractivity contribution is 6.15. The van der Waals surface area contributed by atoms with Crippen LogP contribution in [-0.4, -0.2) is 34.3 Å². The number of carbonyl (C=O) groups excluding carboxylic acids is 2. The molecule has 0 saturated heterocycles. The quantitative estimate of drug-likeness (QED) is 0.532. The lowest BCUT2D eigenvalue weighted by atomic mass is 10.2. The summed E-state index contributed by atoms with van der Waals surface area (Å²) in [4.78, 5) is 34.0. The number of hydrogen-bond acceptors (Lipinski definition) is 3. The second-order valence-corrected chi connectivity index (χ2v) is 3.47. The molecular formula is C10H13NO4. The average Bonchev–Trinajstić information content (AvgIpc) is 2.37. The van der Waals surface area contributed by atoms with Gasteiger partial charge in [-0.3, -0.25) is 19.3 Å². The van der Waals surface area contributed by atoms with Gasteiger partial charge in [0.2, 0.25) is 0 Å². The zero-order valence-electron chi connectivity index (χ0n) is 8.52. The number of nitrogens with zero attached hydrogens (tertiary/aromatic N) is 1. The first-order valence-corrected chi connectivity index (χ1v) is 4.78. The van der Waals surface area contributed by atoms with Crippen LogP contribution >= 0.6 is 0 Å². The number of amides is 2. The highest BCUT2D eigenvalue weighted by atomic mass is 16.4. The number of unbranched alkanes of at least 4 members (excludes halogenated alkanes) is 1. The van der Waals surface area contributed by atoms with E-state index in [9.17, 15) is 14.4 Å². The third-order valence-electron chi connectivity index (χ3n) is 2.21. The Morgan fingerprint density at radius 2 is 2.07 bits per heavy atom. The zero-order valence-corrected chi connectivity index (χ0v) is 8.52. The summed E-state index contributed by atoms with van der Waals surface area (Å²) in [6.45, 7) is 1.90. The maximum absolute atomic E-state index is 11.4. The van der Waals surface area contributed by atoms with Gasteiger partial charge in [0.05, 0.1) is 0 Å². The van der Waals surface area contributed by atoms with Crippen LogP contribution in [0.4, 0.5) is 0 Å². The summed E-state index contributed by atoms with van der Waals surface area (Å²) >= 11 is 0. The van der Waals surface area contributed by atoms with Gasteiger partial charge in [0.1, 0.15) is 0 Å². The number of imide groups is 1. The van der Waals surface area contributed by atoms with Crippen LogP contribution in [-0.2, 0) is 14.4 Å². The van der Waals surface area contributed by atoms with E-state index in [-0.39, 0.29) is 18.2 Å². The first-order chi connectivity index (χ1) is 7.02. The van der Waals surface area contributed by atoms with Crippen LogP contribution in [0, 0.1) is 0 Å². The molecule has 2 amide bonds. The van der Waals surface area contributed by atoms with Gasteiger partial charge in [-0.2, -0.15) is 0 Å². The molecule has 0 fully saturated rings. The Balaban J connectivity index is 2.32. The number of hydrogen-bond donors (Lipinski definition) is 1. The van der Waals surface area contributed by atoms with E-state index in [1.54, 1.807) is 6.92 Å². The molecule has 0 saturated carbocycles. The molecule has 0 aromatic carbocycles. The Hall–Kier alpha value is -1.65. The molecule has 0 aliphatic carbocycles. The van der Waals surface area contributed by atoms with Gasteiger partial charge < -0.3 is 5.11 Å². The fourth-order valence-corrected chi connectivity index (χ4v) is 1.40. The highest BCUT2D eigenvalue weighted by Crippen LogP contribution is 2.12. The molecule has 82 valence electrons. The molecule has 15 heavy (non-hydrogen) atoms. The summed E-state index contributed by atoms with van der Waals surface area (Å²) in [6, 6.07) is 0. The highest BCUT2D eigenvalue weighted by Gasteiger charge is 2.27. The van der Waals surface area contributed by atoms with E-state index < -0.39 is 5.97 Å². The molecule has 0 aromatic rings. The molecule has 0 radical (unpaired) electrons. The fraction of sp³-hybridized carbons (Fsp3) is 0.500. The first-order valence-electron chi connectivity index (χ1n) is 4.78. The minimum absolute atomic E-state index is 0.0721. The molecular weight excluding hydrogens is 198 g/mol. The second-order valence-electron chi connectivity index (χ2n) is 3.47. The summed E-state index contributed by atoms with van der Waals surface area (Å²) in [5.74, 6) is -1.42. The Morgan fingerprint density at radius 3 is 2.53 bits per heavy atom. The number of carboxylic acids is 1. The van der Waals surface area contributed by atoms with Crippen molar-refractivity contribution in [3.05, 3.63) is 11.6 Å². The van der Waals surface area contributed by atoms with Crippen LogP contribution in [0.1, 0.15) is 26.2 Å². The topological polar surface area (TPSA) is 74.7 Å². The van der Waals surface area contributed by atoms with Gasteiger partial charge in [0, 0.05) is 24.6 Å². The second kappa shape index (κ2) is 4.72. The smallest absolute Gasteiger partial charge is 0.303 e. The van der Waals surface area contributed by atoms with Crippen molar-refractivity contribution in [1.29, 1.82) is 0 Å². The van der Waals surface area contributed by atoms with E-state index in [2.05, 4.69) is 0 Å². The van der Waals surface area contributed by atoms with Crippen LogP contribution in [0.25, 0.3) is 0 Å². The Bertz CT molecular complexity index is 332. The van der Waals surface area contributed by atoms with Crippen molar-refractivity contribution in [2.45, 2.75) is 26.2 Å². The molecule has 5 heteroatoms. The molecule has 1 aliphatic heterocycles. The van der Waals surface area contributed by atoms with Gasteiger partial charge in [-0.15, -0.1) is 0 Å². The third-order valence-corrected chi connectivity index (χ3v) is 2.21. The lowest BCUT2D eigenvalue weighted by Crippen LogP contribution is -2.31. The molecule has 1 rings (SSSR count).